The number of piperazine rings is 1. The Hall–Kier alpha value is 0.690. The first-order valence-electron chi connectivity index (χ1n) is 4.80. The largest absolute Gasteiger partial charge is 0.506 e. The minimum absolute atomic E-state index is 0. The lowest BCUT2D eigenvalue weighted by atomic mass is 10.1. The molecule has 1 aliphatic rings. The van der Waals surface area contributed by atoms with Crippen molar-refractivity contribution >= 4 is 57.6 Å². The van der Waals surface area contributed by atoms with Crippen LogP contribution in [-0.2, 0) is 0 Å². The molecule has 1 aromatic carbocycles. The normalized spacial score (nSPS) is 20.2. The lowest BCUT2D eigenvalue weighted by Gasteiger charge is -2.25. The van der Waals surface area contributed by atoms with Crippen LogP contribution in [0.2, 0.25) is 0 Å². The molecule has 1 saturated heterocycles. The second-order valence-corrected chi connectivity index (χ2v) is 5.87. The van der Waals surface area contributed by atoms with Crippen molar-refractivity contribution in [1.29, 1.82) is 0 Å². The zero-order valence-electron chi connectivity index (χ0n) is 8.46. The summed E-state index contributed by atoms with van der Waals surface area (Å²) in [5.74, 6) is 0.392. The molecule has 2 rings (SSSR count). The number of nitrogens with one attached hydrogen (secondary N) is 2. The highest BCUT2D eigenvalue weighted by Gasteiger charge is 2.16. The Labute approximate surface area is 128 Å². The Morgan fingerprint density at radius 1 is 1.19 bits per heavy atom. The third-order valence-electron chi connectivity index (χ3n) is 2.48. The van der Waals surface area contributed by atoms with Gasteiger partial charge in [-0.1, -0.05) is 0 Å². The van der Waals surface area contributed by atoms with Gasteiger partial charge < -0.3 is 15.7 Å². The Morgan fingerprint density at radius 3 is 2.31 bits per heavy atom. The fourth-order valence-electron chi connectivity index (χ4n) is 1.68. The van der Waals surface area contributed by atoms with Crippen LogP contribution in [0.4, 0.5) is 0 Å². The first kappa shape index (κ1) is 14.7. The fourth-order valence-corrected chi connectivity index (χ4v) is 3.49. The van der Waals surface area contributed by atoms with E-state index in [2.05, 4.69) is 55.8 Å². The van der Waals surface area contributed by atoms with Crippen LogP contribution in [0.3, 0.4) is 0 Å². The van der Waals surface area contributed by atoms with Crippen LogP contribution in [0.15, 0.2) is 12.1 Å². The van der Waals surface area contributed by atoms with E-state index in [1.807, 2.05) is 12.1 Å². The number of hydrogen-bond acceptors (Lipinski definition) is 3. The monoisotopic (exact) mass is 466 g/mol. The molecular formula is C10H13ClI2N2O. The molecule has 1 aliphatic heterocycles. The van der Waals surface area contributed by atoms with Crippen molar-refractivity contribution in [3.8, 4) is 5.75 Å². The van der Waals surface area contributed by atoms with Crippen LogP contribution in [0.25, 0.3) is 0 Å². The molecule has 0 radical (unpaired) electrons. The smallest absolute Gasteiger partial charge is 0.142 e. The van der Waals surface area contributed by atoms with Crippen LogP contribution in [0, 0.1) is 7.14 Å². The molecule has 6 heteroatoms. The molecule has 0 saturated carbocycles. The van der Waals surface area contributed by atoms with Crippen LogP contribution in [-0.4, -0.2) is 24.7 Å². The molecule has 0 aromatic heterocycles. The molecule has 90 valence electrons. The Balaban J connectivity index is 0.00000128. The summed E-state index contributed by atoms with van der Waals surface area (Å²) in [5.41, 5.74) is 1.24. The third-order valence-corrected chi connectivity index (χ3v) is 4.13. The van der Waals surface area contributed by atoms with E-state index in [1.165, 1.54) is 5.56 Å². The Morgan fingerprint density at radius 2 is 1.81 bits per heavy atom. The second-order valence-electron chi connectivity index (χ2n) is 3.54. The Kier molecular flexibility index (Phi) is 6.06. The van der Waals surface area contributed by atoms with Gasteiger partial charge in [0.25, 0.3) is 0 Å². The molecule has 0 bridgehead atoms. The van der Waals surface area contributed by atoms with Crippen LogP contribution in [0.1, 0.15) is 11.6 Å². The third kappa shape index (κ3) is 3.34. The van der Waals surface area contributed by atoms with E-state index in [-0.39, 0.29) is 12.4 Å². The lowest BCUT2D eigenvalue weighted by molar-refractivity contribution is 0.428. The van der Waals surface area contributed by atoms with Crippen molar-refractivity contribution < 1.29 is 5.11 Å². The topological polar surface area (TPSA) is 44.3 Å². The zero-order valence-corrected chi connectivity index (χ0v) is 13.6. The van der Waals surface area contributed by atoms with Gasteiger partial charge in [-0.25, -0.2) is 0 Å². The van der Waals surface area contributed by atoms with Crippen molar-refractivity contribution in [2.75, 3.05) is 19.6 Å². The van der Waals surface area contributed by atoms with Gasteiger partial charge in [0.15, 0.2) is 0 Å². The number of phenols is 1. The summed E-state index contributed by atoms with van der Waals surface area (Å²) in [6.07, 6.45) is 0. The maximum Gasteiger partial charge on any atom is 0.142 e. The average Bonchev–Trinajstić information content (AvgIpc) is 2.26. The molecule has 16 heavy (non-hydrogen) atoms. The number of phenolic OH excluding ortho intramolecular Hbond substituents is 1. The van der Waals surface area contributed by atoms with E-state index in [4.69, 9.17) is 0 Å². The van der Waals surface area contributed by atoms with Crippen LogP contribution < -0.4 is 10.6 Å². The molecule has 3 nitrogen and oxygen atoms in total. The summed E-state index contributed by atoms with van der Waals surface area (Å²) in [4.78, 5) is 0. The molecule has 1 aromatic rings. The van der Waals surface area contributed by atoms with Crippen molar-refractivity contribution in [3.05, 3.63) is 24.8 Å². The Bertz CT molecular complexity index is 347. The minimum atomic E-state index is 0. The summed E-state index contributed by atoms with van der Waals surface area (Å²) >= 11 is 4.34. The standard InChI is InChI=1S/C10H12I2N2O.ClH/c11-7-3-6(4-8(12)10(7)15)9-5-13-1-2-14-9;/h3-4,9,13-15H,1-2,5H2;1H/t9-;/m0./s1. The van der Waals surface area contributed by atoms with Gasteiger partial charge in [-0.15, -0.1) is 12.4 Å². The molecule has 1 heterocycles. The second kappa shape index (κ2) is 6.58. The van der Waals surface area contributed by atoms with Crippen molar-refractivity contribution in [3.63, 3.8) is 0 Å². The fraction of sp³-hybridized carbons (Fsp3) is 0.400. The predicted molar refractivity (Wildman–Crippen MR) is 84.4 cm³/mol. The van der Waals surface area contributed by atoms with Gasteiger partial charge in [0.1, 0.15) is 5.75 Å². The summed E-state index contributed by atoms with van der Waals surface area (Å²) < 4.78 is 1.84. The molecule has 0 aliphatic carbocycles. The van der Waals surface area contributed by atoms with Crippen LogP contribution >= 0.6 is 57.6 Å². The molecule has 0 spiro atoms. The molecule has 1 atom stereocenters. The van der Waals surface area contributed by atoms with Gasteiger partial charge in [0.2, 0.25) is 0 Å². The average molecular weight is 466 g/mol. The number of hydrogen-bond donors (Lipinski definition) is 3. The lowest BCUT2D eigenvalue weighted by Crippen LogP contribution is -2.42. The van der Waals surface area contributed by atoms with E-state index in [0.29, 0.717) is 11.8 Å². The number of halogens is 3. The summed E-state index contributed by atoms with van der Waals surface area (Å²) in [7, 11) is 0. The summed E-state index contributed by atoms with van der Waals surface area (Å²) in [6.45, 7) is 2.98. The van der Waals surface area contributed by atoms with Gasteiger partial charge in [-0.05, 0) is 62.9 Å². The maximum atomic E-state index is 9.68. The van der Waals surface area contributed by atoms with Crippen molar-refractivity contribution in [1.82, 2.24) is 10.6 Å². The van der Waals surface area contributed by atoms with Crippen LogP contribution in [0.5, 0.6) is 5.75 Å². The molecule has 0 amide bonds. The summed E-state index contributed by atoms with van der Waals surface area (Å²) in [5, 5.41) is 16.5. The van der Waals surface area contributed by atoms with Gasteiger partial charge in [-0.3, -0.25) is 0 Å². The number of aromatic hydroxyl groups is 1. The van der Waals surface area contributed by atoms with Crippen molar-refractivity contribution in [2.24, 2.45) is 0 Å². The molecule has 1 fully saturated rings. The maximum absolute atomic E-state index is 9.68. The molecular weight excluding hydrogens is 453 g/mol. The number of rotatable bonds is 1. The zero-order chi connectivity index (χ0) is 10.8. The van der Waals surface area contributed by atoms with E-state index in [1.54, 1.807) is 0 Å². The highest BCUT2D eigenvalue weighted by atomic mass is 127. The SMILES string of the molecule is Cl.Oc1c(I)cc([C@@H]2CNCCN2)cc1I. The van der Waals surface area contributed by atoms with E-state index in [9.17, 15) is 5.11 Å². The van der Waals surface area contributed by atoms with E-state index < -0.39 is 0 Å². The van der Waals surface area contributed by atoms with Gasteiger partial charge in [0.05, 0.1) is 7.14 Å². The molecule has 0 unspecified atom stereocenters. The van der Waals surface area contributed by atoms with Crippen molar-refractivity contribution in [2.45, 2.75) is 6.04 Å². The van der Waals surface area contributed by atoms with Gasteiger partial charge in [-0.2, -0.15) is 0 Å². The predicted octanol–water partition coefficient (Wildman–Crippen LogP) is 2.26. The minimum Gasteiger partial charge on any atom is -0.506 e. The van der Waals surface area contributed by atoms with Gasteiger partial charge in [0, 0.05) is 25.7 Å². The highest BCUT2D eigenvalue weighted by Crippen LogP contribution is 2.29. The van der Waals surface area contributed by atoms with E-state index in [0.717, 1.165) is 26.8 Å². The first-order valence-corrected chi connectivity index (χ1v) is 6.96. The molecule has 3 N–H and O–H groups in total. The first-order chi connectivity index (χ1) is 7.18. The van der Waals surface area contributed by atoms with E-state index >= 15 is 0 Å². The highest BCUT2D eigenvalue weighted by molar-refractivity contribution is 14.1. The number of benzene rings is 1. The van der Waals surface area contributed by atoms with Gasteiger partial charge >= 0.3 is 0 Å². The quantitative estimate of drug-likeness (QED) is 0.557. The summed E-state index contributed by atoms with van der Waals surface area (Å²) in [6, 6.07) is 4.45.